The maximum absolute atomic E-state index is 13.8. The Kier molecular flexibility index (Phi) is 5.08. The molecule has 21 heavy (non-hydrogen) atoms. The lowest BCUT2D eigenvalue weighted by molar-refractivity contribution is -0.385. The average Bonchev–Trinajstić information content (AvgIpc) is 2.44. The zero-order valence-corrected chi connectivity index (χ0v) is 12.0. The van der Waals surface area contributed by atoms with E-state index in [1.165, 1.54) is 12.1 Å². The van der Waals surface area contributed by atoms with E-state index in [0.717, 1.165) is 12.5 Å². The van der Waals surface area contributed by atoms with Crippen LogP contribution in [0.1, 0.15) is 19.8 Å². The molecule has 116 valence electrons. The normalized spacial score (nSPS) is 24.4. The van der Waals surface area contributed by atoms with Crippen LogP contribution in [0.4, 0.5) is 10.1 Å². The molecule has 3 unspecified atom stereocenters. The summed E-state index contributed by atoms with van der Waals surface area (Å²) in [6, 6.07) is 3.57. The van der Waals surface area contributed by atoms with Crippen molar-refractivity contribution in [2.45, 2.75) is 38.0 Å². The van der Waals surface area contributed by atoms with Gasteiger partial charge >= 0.3 is 0 Å². The van der Waals surface area contributed by atoms with Gasteiger partial charge in [0, 0.05) is 25.1 Å². The Bertz CT molecular complexity index is 512. The van der Waals surface area contributed by atoms with Gasteiger partial charge in [0.2, 0.25) is 0 Å². The van der Waals surface area contributed by atoms with Gasteiger partial charge in [0.25, 0.3) is 5.69 Å². The fourth-order valence-corrected chi connectivity index (χ4v) is 2.32. The van der Waals surface area contributed by atoms with Crippen LogP contribution in [0.3, 0.4) is 0 Å². The summed E-state index contributed by atoms with van der Waals surface area (Å²) in [4.78, 5) is 9.94. The molecule has 1 fully saturated rings. The van der Waals surface area contributed by atoms with Crippen molar-refractivity contribution in [3.8, 4) is 5.75 Å². The van der Waals surface area contributed by atoms with Crippen molar-refractivity contribution < 1.29 is 18.8 Å². The number of nitrogens with one attached hydrogen (secondary N) is 1. The number of halogens is 1. The van der Waals surface area contributed by atoms with Crippen molar-refractivity contribution in [2.24, 2.45) is 0 Å². The average molecular weight is 298 g/mol. The highest BCUT2D eigenvalue weighted by atomic mass is 19.1. The van der Waals surface area contributed by atoms with Gasteiger partial charge in [-0.15, -0.1) is 0 Å². The molecule has 1 aliphatic rings. The Morgan fingerprint density at radius 3 is 2.86 bits per heavy atom. The number of nitro benzene ring substituents is 1. The van der Waals surface area contributed by atoms with E-state index in [0.29, 0.717) is 13.0 Å². The largest absolute Gasteiger partial charge is 0.485 e. The van der Waals surface area contributed by atoms with Crippen molar-refractivity contribution in [1.82, 2.24) is 5.32 Å². The third kappa shape index (κ3) is 3.48. The lowest BCUT2D eigenvalue weighted by atomic mass is 9.85. The predicted octanol–water partition coefficient (Wildman–Crippen LogP) is 2.27. The van der Waals surface area contributed by atoms with Crippen molar-refractivity contribution in [3.63, 3.8) is 0 Å². The molecule has 3 atom stereocenters. The molecule has 0 aromatic heterocycles. The van der Waals surface area contributed by atoms with Crippen LogP contribution in [0.2, 0.25) is 0 Å². The second-order valence-electron chi connectivity index (χ2n) is 4.99. The van der Waals surface area contributed by atoms with Crippen molar-refractivity contribution in [3.05, 3.63) is 34.1 Å². The van der Waals surface area contributed by atoms with E-state index >= 15 is 0 Å². The second kappa shape index (κ2) is 6.82. The van der Waals surface area contributed by atoms with Crippen molar-refractivity contribution in [1.29, 1.82) is 0 Å². The van der Waals surface area contributed by atoms with Crippen LogP contribution in [0.5, 0.6) is 5.75 Å². The molecule has 1 aliphatic carbocycles. The van der Waals surface area contributed by atoms with E-state index < -0.39 is 10.7 Å². The van der Waals surface area contributed by atoms with Gasteiger partial charge in [-0.05, 0) is 19.5 Å². The van der Waals surface area contributed by atoms with E-state index in [9.17, 15) is 14.5 Å². The number of hydrogen-bond donors (Lipinski definition) is 1. The SMILES string of the molecule is CCCOC1C(NC)CC1Oc1ccc([N+](=O)[O-])cc1F. The first-order chi connectivity index (χ1) is 10.1. The van der Waals surface area contributed by atoms with E-state index in [1.807, 2.05) is 14.0 Å². The number of benzene rings is 1. The van der Waals surface area contributed by atoms with E-state index in [-0.39, 0.29) is 29.7 Å². The number of likely N-dealkylation sites (N-methyl/N-ethyl adjacent to an activating group) is 1. The zero-order chi connectivity index (χ0) is 15.4. The maximum Gasteiger partial charge on any atom is 0.272 e. The van der Waals surface area contributed by atoms with Gasteiger partial charge in [-0.25, -0.2) is 4.39 Å². The fourth-order valence-electron chi connectivity index (χ4n) is 2.32. The third-order valence-electron chi connectivity index (χ3n) is 3.54. The first-order valence-corrected chi connectivity index (χ1v) is 6.96. The molecule has 7 heteroatoms. The Balaban J connectivity index is 2.02. The number of hydrogen-bond acceptors (Lipinski definition) is 5. The lowest BCUT2D eigenvalue weighted by Crippen LogP contribution is -2.60. The van der Waals surface area contributed by atoms with Crippen LogP contribution >= 0.6 is 0 Å². The van der Waals surface area contributed by atoms with Crippen LogP contribution in [-0.4, -0.2) is 36.8 Å². The summed E-state index contributed by atoms with van der Waals surface area (Å²) in [6.45, 7) is 2.63. The molecular weight excluding hydrogens is 279 g/mol. The Labute approximate surface area is 122 Å². The summed E-state index contributed by atoms with van der Waals surface area (Å²) in [6.07, 6.45) is 1.22. The Morgan fingerprint density at radius 1 is 1.52 bits per heavy atom. The van der Waals surface area contributed by atoms with Crippen LogP contribution in [0.15, 0.2) is 18.2 Å². The van der Waals surface area contributed by atoms with Crippen LogP contribution in [-0.2, 0) is 4.74 Å². The minimum Gasteiger partial charge on any atom is -0.485 e. The molecule has 1 aromatic rings. The predicted molar refractivity (Wildman–Crippen MR) is 75.0 cm³/mol. The first kappa shape index (κ1) is 15.7. The highest BCUT2D eigenvalue weighted by molar-refractivity contribution is 5.37. The van der Waals surface area contributed by atoms with Gasteiger partial charge in [0.1, 0.15) is 12.2 Å². The standard InChI is InChI=1S/C14H19FN2O4/c1-3-6-20-14-11(16-2)8-13(14)21-12-5-4-9(17(18)19)7-10(12)15/h4-5,7,11,13-14,16H,3,6,8H2,1-2H3. The quantitative estimate of drug-likeness (QED) is 0.617. The van der Waals surface area contributed by atoms with Gasteiger partial charge < -0.3 is 14.8 Å². The zero-order valence-electron chi connectivity index (χ0n) is 12.0. The second-order valence-corrected chi connectivity index (χ2v) is 4.99. The van der Waals surface area contributed by atoms with Gasteiger partial charge in [-0.3, -0.25) is 10.1 Å². The fraction of sp³-hybridized carbons (Fsp3) is 0.571. The summed E-state index contributed by atoms with van der Waals surface area (Å²) >= 11 is 0. The minimum atomic E-state index is -0.730. The molecule has 0 radical (unpaired) electrons. The van der Waals surface area contributed by atoms with Crippen molar-refractivity contribution >= 4 is 5.69 Å². The third-order valence-corrected chi connectivity index (χ3v) is 3.54. The molecule has 0 bridgehead atoms. The molecule has 1 N–H and O–H groups in total. The van der Waals surface area contributed by atoms with E-state index in [2.05, 4.69) is 5.32 Å². The topological polar surface area (TPSA) is 73.6 Å². The number of nitrogens with zero attached hydrogens (tertiary/aromatic N) is 1. The molecule has 6 nitrogen and oxygen atoms in total. The van der Waals surface area contributed by atoms with Crippen LogP contribution in [0, 0.1) is 15.9 Å². The monoisotopic (exact) mass is 298 g/mol. The van der Waals surface area contributed by atoms with Crippen molar-refractivity contribution in [2.75, 3.05) is 13.7 Å². The highest BCUT2D eigenvalue weighted by Gasteiger charge is 2.43. The lowest BCUT2D eigenvalue weighted by Gasteiger charge is -2.43. The summed E-state index contributed by atoms with van der Waals surface area (Å²) in [7, 11) is 1.84. The molecule has 0 saturated heterocycles. The number of non-ortho nitro benzene ring substituents is 1. The molecule has 0 aliphatic heterocycles. The molecule has 2 rings (SSSR count). The maximum atomic E-state index is 13.8. The Hall–Kier alpha value is -1.73. The molecule has 0 heterocycles. The molecule has 0 amide bonds. The van der Waals surface area contributed by atoms with Gasteiger partial charge in [0.15, 0.2) is 11.6 Å². The highest BCUT2D eigenvalue weighted by Crippen LogP contribution is 2.31. The summed E-state index contributed by atoms with van der Waals surface area (Å²) < 4.78 is 25.1. The summed E-state index contributed by atoms with van der Waals surface area (Å²) in [5.74, 6) is -0.711. The summed E-state index contributed by atoms with van der Waals surface area (Å²) in [5, 5.41) is 13.7. The smallest absolute Gasteiger partial charge is 0.272 e. The van der Waals surface area contributed by atoms with Gasteiger partial charge in [0.05, 0.1) is 11.0 Å². The molecule has 1 aromatic carbocycles. The number of rotatable bonds is 7. The molecule has 1 saturated carbocycles. The molecule has 0 spiro atoms. The number of nitro groups is 1. The van der Waals surface area contributed by atoms with Crippen LogP contribution < -0.4 is 10.1 Å². The molecular formula is C14H19FN2O4. The van der Waals surface area contributed by atoms with Gasteiger partial charge in [-0.2, -0.15) is 0 Å². The summed E-state index contributed by atoms with van der Waals surface area (Å²) in [5.41, 5.74) is -0.291. The number of ether oxygens (including phenoxy) is 2. The minimum absolute atomic E-state index is 0.0188. The first-order valence-electron chi connectivity index (χ1n) is 6.96. The van der Waals surface area contributed by atoms with E-state index in [1.54, 1.807) is 0 Å². The Morgan fingerprint density at radius 2 is 2.29 bits per heavy atom. The van der Waals surface area contributed by atoms with E-state index in [4.69, 9.17) is 9.47 Å². The van der Waals surface area contributed by atoms with Gasteiger partial charge in [-0.1, -0.05) is 6.92 Å². The van der Waals surface area contributed by atoms with Crippen LogP contribution in [0.25, 0.3) is 0 Å².